The SMILES string of the molecule is Cc1ccc(OCCNC(=O)CN(c2ccc(C(C)C)cc2)S(=O)(=O)c2ccc(C)cc2)cc1. The highest BCUT2D eigenvalue weighted by Gasteiger charge is 2.27. The Bertz CT molecular complexity index is 1190. The Morgan fingerprint density at radius 1 is 0.882 bits per heavy atom. The Labute approximate surface area is 202 Å². The standard InChI is InChI=1S/C27H32N2O4S/c1-20(2)23-9-11-24(12-10-23)29(34(31,32)26-15-7-22(4)8-16-26)19-27(30)28-17-18-33-25-13-5-21(3)6-14-25/h5-16,20H,17-19H2,1-4H3,(H,28,30). The largest absolute Gasteiger partial charge is 0.492 e. The number of anilines is 1. The molecule has 0 aromatic heterocycles. The summed E-state index contributed by atoms with van der Waals surface area (Å²) in [6.45, 7) is 8.24. The molecule has 3 aromatic carbocycles. The molecule has 0 aliphatic rings. The van der Waals surface area contributed by atoms with Crippen molar-refractivity contribution in [2.45, 2.75) is 38.5 Å². The Morgan fingerprint density at radius 3 is 2.00 bits per heavy atom. The Kier molecular flexibility index (Phi) is 8.34. The molecule has 6 nitrogen and oxygen atoms in total. The molecule has 34 heavy (non-hydrogen) atoms. The van der Waals surface area contributed by atoms with E-state index < -0.39 is 15.9 Å². The van der Waals surface area contributed by atoms with Gasteiger partial charge in [-0.1, -0.05) is 61.4 Å². The first-order valence-electron chi connectivity index (χ1n) is 11.3. The number of carbonyl (C=O) groups excluding carboxylic acids is 1. The zero-order valence-corrected chi connectivity index (χ0v) is 20.9. The van der Waals surface area contributed by atoms with Crippen molar-refractivity contribution in [3.63, 3.8) is 0 Å². The van der Waals surface area contributed by atoms with Crippen molar-refractivity contribution in [3.05, 3.63) is 89.5 Å². The van der Waals surface area contributed by atoms with Crippen LogP contribution in [-0.4, -0.2) is 34.0 Å². The van der Waals surface area contributed by atoms with Gasteiger partial charge in [-0.15, -0.1) is 0 Å². The van der Waals surface area contributed by atoms with Crippen LogP contribution in [0.25, 0.3) is 0 Å². The number of benzene rings is 3. The van der Waals surface area contributed by atoms with E-state index in [0.717, 1.165) is 21.0 Å². The molecule has 3 aromatic rings. The van der Waals surface area contributed by atoms with Crippen LogP contribution >= 0.6 is 0 Å². The maximum absolute atomic E-state index is 13.5. The summed E-state index contributed by atoms with van der Waals surface area (Å²) in [5, 5.41) is 2.76. The minimum Gasteiger partial charge on any atom is -0.492 e. The molecule has 0 saturated heterocycles. The number of hydrogen-bond donors (Lipinski definition) is 1. The average Bonchev–Trinajstić information content (AvgIpc) is 2.81. The lowest BCUT2D eigenvalue weighted by Gasteiger charge is -2.24. The number of nitrogens with zero attached hydrogens (tertiary/aromatic N) is 1. The van der Waals surface area contributed by atoms with E-state index in [9.17, 15) is 13.2 Å². The van der Waals surface area contributed by atoms with Gasteiger partial charge in [-0.25, -0.2) is 8.42 Å². The summed E-state index contributed by atoms with van der Waals surface area (Å²) in [6, 6.07) is 21.5. The lowest BCUT2D eigenvalue weighted by Crippen LogP contribution is -2.41. The number of amides is 1. The van der Waals surface area contributed by atoms with Gasteiger partial charge in [0, 0.05) is 0 Å². The number of carbonyl (C=O) groups is 1. The quantitative estimate of drug-likeness (QED) is 0.422. The molecule has 0 fully saturated rings. The predicted molar refractivity (Wildman–Crippen MR) is 136 cm³/mol. The summed E-state index contributed by atoms with van der Waals surface area (Å²) in [5.41, 5.74) is 3.63. The third-order valence-corrected chi connectivity index (χ3v) is 7.25. The number of hydrogen-bond acceptors (Lipinski definition) is 4. The first-order valence-corrected chi connectivity index (χ1v) is 12.8. The van der Waals surface area contributed by atoms with Crippen molar-refractivity contribution in [2.24, 2.45) is 0 Å². The van der Waals surface area contributed by atoms with Crippen LogP contribution in [0.5, 0.6) is 5.75 Å². The summed E-state index contributed by atoms with van der Waals surface area (Å²) >= 11 is 0. The lowest BCUT2D eigenvalue weighted by atomic mass is 10.0. The van der Waals surface area contributed by atoms with Gasteiger partial charge in [0.1, 0.15) is 18.9 Å². The summed E-state index contributed by atoms with van der Waals surface area (Å²) in [6.07, 6.45) is 0. The van der Waals surface area contributed by atoms with E-state index >= 15 is 0 Å². The normalized spacial score (nSPS) is 11.3. The lowest BCUT2D eigenvalue weighted by molar-refractivity contribution is -0.119. The summed E-state index contributed by atoms with van der Waals surface area (Å²) < 4.78 is 33.7. The van der Waals surface area contributed by atoms with E-state index in [4.69, 9.17) is 4.74 Å². The van der Waals surface area contributed by atoms with E-state index in [1.165, 1.54) is 0 Å². The Hall–Kier alpha value is -3.32. The van der Waals surface area contributed by atoms with E-state index in [1.54, 1.807) is 36.4 Å². The molecule has 7 heteroatoms. The van der Waals surface area contributed by atoms with Crippen LogP contribution in [0.3, 0.4) is 0 Å². The highest BCUT2D eigenvalue weighted by molar-refractivity contribution is 7.92. The first-order chi connectivity index (χ1) is 16.2. The number of sulfonamides is 1. The predicted octanol–water partition coefficient (Wildman–Crippen LogP) is 4.82. The van der Waals surface area contributed by atoms with Gasteiger partial charge in [0.05, 0.1) is 17.1 Å². The van der Waals surface area contributed by atoms with Crippen molar-refractivity contribution >= 4 is 21.6 Å². The minimum atomic E-state index is -3.94. The monoisotopic (exact) mass is 480 g/mol. The molecule has 180 valence electrons. The number of ether oxygens (including phenoxy) is 1. The summed E-state index contributed by atoms with van der Waals surface area (Å²) in [5.74, 6) is 0.623. The minimum absolute atomic E-state index is 0.140. The smallest absolute Gasteiger partial charge is 0.264 e. The highest BCUT2D eigenvalue weighted by Crippen LogP contribution is 2.26. The molecule has 1 amide bonds. The number of aryl methyl sites for hydroxylation is 2. The van der Waals surface area contributed by atoms with Crippen LogP contribution in [0.15, 0.2) is 77.7 Å². The summed E-state index contributed by atoms with van der Waals surface area (Å²) in [7, 11) is -3.94. The fraction of sp³-hybridized carbons (Fsp3) is 0.296. The van der Waals surface area contributed by atoms with Crippen molar-refractivity contribution in [1.29, 1.82) is 0 Å². The topological polar surface area (TPSA) is 75.7 Å². The van der Waals surface area contributed by atoms with Crippen LogP contribution in [-0.2, 0) is 14.8 Å². The fourth-order valence-corrected chi connectivity index (χ4v) is 4.78. The molecular weight excluding hydrogens is 448 g/mol. The molecule has 0 spiro atoms. The maximum atomic E-state index is 13.5. The molecule has 0 aliphatic carbocycles. The molecule has 0 heterocycles. The van der Waals surface area contributed by atoms with Crippen LogP contribution in [0.1, 0.15) is 36.5 Å². The van der Waals surface area contributed by atoms with E-state index in [-0.39, 0.29) is 24.6 Å². The van der Waals surface area contributed by atoms with E-state index in [2.05, 4.69) is 19.2 Å². The molecule has 0 aliphatic heterocycles. The van der Waals surface area contributed by atoms with Gasteiger partial charge in [0.15, 0.2) is 0 Å². The number of nitrogens with one attached hydrogen (secondary N) is 1. The molecule has 0 bridgehead atoms. The average molecular weight is 481 g/mol. The second kappa shape index (κ2) is 11.2. The van der Waals surface area contributed by atoms with Crippen molar-refractivity contribution < 1.29 is 17.9 Å². The molecule has 0 atom stereocenters. The summed E-state index contributed by atoms with van der Waals surface area (Å²) in [4.78, 5) is 12.9. The van der Waals surface area contributed by atoms with Crippen LogP contribution in [0, 0.1) is 13.8 Å². The first kappa shape index (κ1) is 25.3. The molecule has 0 unspecified atom stereocenters. The molecular formula is C27H32N2O4S. The third kappa shape index (κ3) is 6.60. The zero-order chi connectivity index (χ0) is 24.7. The van der Waals surface area contributed by atoms with Gasteiger partial charge < -0.3 is 10.1 Å². The third-order valence-electron chi connectivity index (χ3n) is 5.46. The molecule has 1 N–H and O–H groups in total. The zero-order valence-electron chi connectivity index (χ0n) is 20.1. The van der Waals surface area contributed by atoms with Crippen LogP contribution in [0.4, 0.5) is 5.69 Å². The molecule has 0 saturated carbocycles. The Morgan fingerprint density at radius 2 is 1.44 bits per heavy atom. The number of rotatable bonds is 10. The van der Waals surface area contributed by atoms with Crippen molar-refractivity contribution in [2.75, 3.05) is 24.0 Å². The van der Waals surface area contributed by atoms with Gasteiger partial charge in [-0.05, 0) is 61.7 Å². The Balaban J connectivity index is 1.73. The van der Waals surface area contributed by atoms with Gasteiger partial charge in [0.25, 0.3) is 10.0 Å². The van der Waals surface area contributed by atoms with Gasteiger partial charge in [-0.3, -0.25) is 9.10 Å². The van der Waals surface area contributed by atoms with Crippen molar-refractivity contribution in [3.8, 4) is 5.75 Å². The van der Waals surface area contributed by atoms with Crippen molar-refractivity contribution in [1.82, 2.24) is 5.32 Å². The molecule has 3 rings (SSSR count). The fourth-order valence-electron chi connectivity index (χ4n) is 3.36. The van der Waals surface area contributed by atoms with E-state index in [1.807, 2.05) is 50.2 Å². The highest BCUT2D eigenvalue weighted by atomic mass is 32.2. The van der Waals surface area contributed by atoms with Gasteiger partial charge in [-0.2, -0.15) is 0 Å². The van der Waals surface area contributed by atoms with Gasteiger partial charge >= 0.3 is 0 Å². The second-order valence-corrected chi connectivity index (χ2v) is 10.4. The maximum Gasteiger partial charge on any atom is 0.264 e. The molecule has 0 radical (unpaired) electrons. The van der Waals surface area contributed by atoms with E-state index in [0.29, 0.717) is 17.4 Å². The van der Waals surface area contributed by atoms with Gasteiger partial charge in [0.2, 0.25) is 5.91 Å². The van der Waals surface area contributed by atoms with Crippen LogP contribution in [0.2, 0.25) is 0 Å². The van der Waals surface area contributed by atoms with Crippen LogP contribution < -0.4 is 14.4 Å². The second-order valence-electron chi connectivity index (χ2n) is 8.58.